The molecule has 2 aliphatic rings. The monoisotopic (exact) mass is 527 g/mol. The summed E-state index contributed by atoms with van der Waals surface area (Å²) in [5, 5.41) is 3.38. The molecule has 0 aliphatic carbocycles. The maximum Gasteiger partial charge on any atom is 0.194 e. The SMILES string of the molecule is CCC(C)NC(=NCC1CCS(=O)(=O)C1)N1CCc2c(F)cc(F)cc2C1.I. The van der Waals surface area contributed by atoms with E-state index in [4.69, 9.17) is 0 Å². The molecule has 2 atom stereocenters. The summed E-state index contributed by atoms with van der Waals surface area (Å²) >= 11 is 0. The standard InChI is InChI=1S/C19H27F2N3O2S.HI/c1-3-13(2)23-19(22-10-14-5-7-27(25,26)12-14)24-6-4-17-15(11-24)8-16(20)9-18(17)21;/h8-9,13-14H,3-7,10-12H2,1-2H3,(H,22,23);1H. The zero-order valence-corrected chi connectivity index (χ0v) is 19.4. The van der Waals surface area contributed by atoms with E-state index in [0.717, 1.165) is 12.5 Å². The number of rotatable bonds is 4. The molecular weight excluding hydrogens is 499 g/mol. The lowest BCUT2D eigenvalue weighted by atomic mass is 9.99. The predicted molar refractivity (Wildman–Crippen MR) is 118 cm³/mol. The van der Waals surface area contributed by atoms with Gasteiger partial charge in [0.05, 0.1) is 11.5 Å². The number of hydrogen-bond donors (Lipinski definition) is 1. The molecule has 2 aliphatic heterocycles. The molecule has 0 bridgehead atoms. The molecule has 158 valence electrons. The first-order valence-electron chi connectivity index (χ1n) is 9.50. The van der Waals surface area contributed by atoms with E-state index in [2.05, 4.69) is 17.2 Å². The predicted octanol–water partition coefficient (Wildman–Crippen LogP) is 3.12. The molecule has 5 nitrogen and oxygen atoms in total. The molecule has 1 aromatic rings. The highest BCUT2D eigenvalue weighted by atomic mass is 127. The van der Waals surface area contributed by atoms with E-state index in [-0.39, 0.29) is 47.4 Å². The van der Waals surface area contributed by atoms with E-state index in [1.807, 2.05) is 11.8 Å². The van der Waals surface area contributed by atoms with Crippen LogP contribution < -0.4 is 5.32 Å². The van der Waals surface area contributed by atoms with Crippen LogP contribution in [0.2, 0.25) is 0 Å². The molecule has 0 radical (unpaired) electrons. The van der Waals surface area contributed by atoms with Gasteiger partial charge in [0.25, 0.3) is 0 Å². The van der Waals surface area contributed by atoms with Crippen LogP contribution in [-0.2, 0) is 22.8 Å². The first kappa shape index (κ1) is 23.3. The minimum absolute atomic E-state index is 0. The van der Waals surface area contributed by atoms with Crippen LogP contribution in [0.1, 0.15) is 37.8 Å². The molecule has 0 spiro atoms. The molecule has 2 heterocycles. The minimum atomic E-state index is -2.93. The topological polar surface area (TPSA) is 61.8 Å². The van der Waals surface area contributed by atoms with Gasteiger partial charge in [0.1, 0.15) is 11.6 Å². The Balaban J connectivity index is 0.00000280. The molecule has 1 fully saturated rings. The van der Waals surface area contributed by atoms with Gasteiger partial charge in [0.2, 0.25) is 0 Å². The van der Waals surface area contributed by atoms with Crippen LogP contribution in [0.4, 0.5) is 8.78 Å². The van der Waals surface area contributed by atoms with Crippen molar-refractivity contribution in [2.75, 3.05) is 24.6 Å². The van der Waals surface area contributed by atoms with Crippen molar-refractivity contribution in [2.45, 2.75) is 45.7 Å². The number of halogens is 3. The average Bonchev–Trinajstić information content (AvgIpc) is 2.96. The summed E-state index contributed by atoms with van der Waals surface area (Å²) in [7, 11) is -2.93. The molecule has 1 N–H and O–H groups in total. The average molecular weight is 527 g/mol. The molecule has 3 rings (SSSR count). The smallest absolute Gasteiger partial charge is 0.194 e. The number of sulfone groups is 1. The van der Waals surface area contributed by atoms with Crippen LogP contribution >= 0.6 is 24.0 Å². The lowest BCUT2D eigenvalue weighted by Crippen LogP contribution is -2.47. The maximum atomic E-state index is 14.0. The summed E-state index contributed by atoms with van der Waals surface area (Å²) in [6, 6.07) is 2.51. The normalized spacial score (nSPS) is 22.4. The van der Waals surface area contributed by atoms with E-state index in [9.17, 15) is 17.2 Å². The van der Waals surface area contributed by atoms with Crippen molar-refractivity contribution in [2.24, 2.45) is 10.9 Å². The molecule has 1 aromatic carbocycles. The van der Waals surface area contributed by atoms with Crippen molar-refractivity contribution in [3.8, 4) is 0 Å². The molecule has 28 heavy (non-hydrogen) atoms. The first-order valence-corrected chi connectivity index (χ1v) is 11.3. The third kappa shape index (κ3) is 5.77. The Hall–Kier alpha value is -0.970. The van der Waals surface area contributed by atoms with Gasteiger partial charge >= 0.3 is 0 Å². The fraction of sp³-hybridized carbons (Fsp3) is 0.632. The zero-order chi connectivity index (χ0) is 19.6. The van der Waals surface area contributed by atoms with Crippen molar-refractivity contribution < 1.29 is 17.2 Å². The van der Waals surface area contributed by atoms with Gasteiger partial charge in [-0.25, -0.2) is 17.2 Å². The van der Waals surface area contributed by atoms with Gasteiger partial charge in [-0.2, -0.15) is 0 Å². The number of aliphatic imine (C=N–C) groups is 1. The zero-order valence-electron chi connectivity index (χ0n) is 16.2. The number of benzene rings is 1. The summed E-state index contributed by atoms with van der Waals surface area (Å²) in [6.07, 6.45) is 2.03. The molecule has 0 aromatic heterocycles. The van der Waals surface area contributed by atoms with Crippen LogP contribution in [0.15, 0.2) is 17.1 Å². The van der Waals surface area contributed by atoms with Crippen LogP contribution in [0.25, 0.3) is 0 Å². The number of nitrogens with zero attached hydrogens (tertiary/aromatic N) is 2. The van der Waals surface area contributed by atoms with Crippen molar-refractivity contribution >= 4 is 39.8 Å². The van der Waals surface area contributed by atoms with Crippen molar-refractivity contribution in [3.63, 3.8) is 0 Å². The number of nitrogens with one attached hydrogen (secondary N) is 1. The molecule has 1 saturated heterocycles. The fourth-order valence-corrected chi connectivity index (χ4v) is 5.43. The Kier molecular flexibility index (Phi) is 8.06. The summed E-state index contributed by atoms with van der Waals surface area (Å²) < 4.78 is 50.9. The van der Waals surface area contributed by atoms with Crippen molar-refractivity contribution in [1.29, 1.82) is 0 Å². The second kappa shape index (κ2) is 9.69. The van der Waals surface area contributed by atoms with Crippen LogP contribution in [0.5, 0.6) is 0 Å². The first-order chi connectivity index (χ1) is 12.8. The Bertz CT molecular complexity index is 833. The maximum absolute atomic E-state index is 14.0. The Morgan fingerprint density at radius 2 is 2.14 bits per heavy atom. The van der Waals surface area contributed by atoms with Crippen LogP contribution in [0, 0.1) is 17.6 Å². The van der Waals surface area contributed by atoms with Gasteiger partial charge in [-0.15, -0.1) is 24.0 Å². The third-order valence-corrected chi connectivity index (χ3v) is 7.20. The van der Waals surface area contributed by atoms with E-state index in [1.165, 1.54) is 6.07 Å². The Morgan fingerprint density at radius 3 is 2.79 bits per heavy atom. The third-order valence-electron chi connectivity index (χ3n) is 5.36. The van der Waals surface area contributed by atoms with E-state index < -0.39 is 21.5 Å². The van der Waals surface area contributed by atoms with Gasteiger partial charge in [-0.05, 0) is 49.3 Å². The van der Waals surface area contributed by atoms with E-state index >= 15 is 0 Å². The number of fused-ring (bicyclic) bond motifs is 1. The highest BCUT2D eigenvalue weighted by Crippen LogP contribution is 2.24. The van der Waals surface area contributed by atoms with Crippen molar-refractivity contribution in [1.82, 2.24) is 10.2 Å². The molecular formula is C19H28F2IN3O2S. The number of guanidine groups is 1. The molecule has 9 heteroatoms. The van der Waals surface area contributed by atoms with Crippen LogP contribution in [0.3, 0.4) is 0 Å². The Morgan fingerprint density at radius 1 is 1.39 bits per heavy atom. The number of hydrogen-bond acceptors (Lipinski definition) is 3. The summed E-state index contributed by atoms with van der Waals surface area (Å²) in [5.74, 6) is 0.0787. The van der Waals surface area contributed by atoms with Gasteiger partial charge in [-0.3, -0.25) is 4.99 Å². The minimum Gasteiger partial charge on any atom is -0.354 e. The second-order valence-electron chi connectivity index (χ2n) is 7.58. The van der Waals surface area contributed by atoms with Gasteiger partial charge in [0.15, 0.2) is 15.8 Å². The molecule has 0 amide bonds. The van der Waals surface area contributed by atoms with Gasteiger partial charge < -0.3 is 10.2 Å². The van der Waals surface area contributed by atoms with Crippen molar-refractivity contribution in [3.05, 3.63) is 34.9 Å². The Labute approximate surface area is 182 Å². The lowest BCUT2D eigenvalue weighted by molar-refractivity contribution is 0.362. The fourth-order valence-electron chi connectivity index (χ4n) is 3.58. The largest absolute Gasteiger partial charge is 0.354 e. The van der Waals surface area contributed by atoms with E-state index in [1.54, 1.807) is 0 Å². The summed E-state index contributed by atoms with van der Waals surface area (Å²) in [5.41, 5.74) is 1.21. The molecule has 0 saturated carbocycles. The van der Waals surface area contributed by atoms with Crippen LogP contribution in [-0.4, -0.2) is 49.9 Å². The van der Waals surface area contributed by atoms with Gasteiger partial charge in [0, 0.05) is 31.7 Å². The second-order valence-corrected chi connectivity index (χ2v) is 9.81. The lowest BCUT2D eigenvalue weighted by Gasteiger charge is -2.33. The highest BCUT2D eigenvalue weighted by molar-refractivity contribution is 14.0. The quantitative estimate of drug-likeness (QED) is 0.372. The highest BCUT2D eigenvalue weighted by Gasteiger charge is 2.28. The van der Waals surface area contributed by atoms with Gasteiger partial charge in [-0.1, -0.05) is 6.92 Å². The summed E-state index contributed by atoms with van der Waals surface area (Å²) in [4.78, 5) is 6.68. The summed E-state index contributed by atoms with van der Waals surface area (Å²) in [6.45, 7) is 5.52. The van der Waals surface area contributed by atoms with E-state index in [0.29, 0.717) is 49.6 Å². The molecule has 2 unspecified atom stereocenters.